The Bertz CT molecular complexity index is 884. The van der Waals surface area contributed by atoms with Gasteiger partial charge in [0.1, 0.15) is 5.69 Å². The summed E-state index contributed by atoms with van der Waals surface area (Å²) in [5, 5.41) is 5.99. The van der Waals surface area contributed by atoms with Crippen LogP contribution in [-0.2, 0) is 6.54 Å². The van der Waals surface area contributed by atoms with Crippen molar-refractivity contribution in [2.45, 2.75) is 38.6 Å². The molecule has 0 radical (unpaired) electrons. The molecule has 4 rings (SSSR count). The summed E-state index contributed by atoms with van der Waals surface area (Å²) in [6, 6.07) is 8.44. The van der Waals surface area contributed by atoms with Crippen LogP contribution in [0, 0.1) is 17.8 Å². The highest BCUT2D eigenvalue weighted by Crippen LogP contribution is 2.22. The van der Waals surface area contributed by atoms with Gasteiger partial charge >= 0.3 is 0 Å². The second-order valence-electron chi connectivity index (χ2n) is 6.58. The van der Waals surface area contributed by atoms with E-state index in [9.17, 15) is 0 Å². The molecule has 0 N–H and O–H groups in total. The van der Waals surface area contributed by atoms with Gasteiger partial charge in [0.2, 0.25) is 0 Å². The van der Waals surface area contributed by atoms with Crippen LogP contribution in [0.1, 0.15) is 37.8 Å². The molecule has 0 fully saturated rings. The van der Waals surface area contributed by atoms with Gasteiger partial charge in [0.25, 0.3) is 0 Å². The molecule has 0 saturated carbocycles. The minimum absolute atomic E-state index is 0.514. The average molecular weight is 314 g/mol. The quantitative estimate of drug-likeness (QED) is 0.712. The zero-order chi connectivity index (χ0) is 16.2. The number of hydrogen-bond acceptors (Lipinski definition) is 1. The predicted octanol–water partition coefficient (Wildman–Crippen LogP) is 5.02. The van der Waals surface area contributed by atoms with E-state index in [0.717, 1.165) is 30.5 Å². The number of aromatic nitrogens is 2. The number of para-hydroxylation sites is 1. The van der Waals surface area contributed by atoms with Gasteiger partial charge in [-0.3, -0.25) is 4.68 Å². The van der Waals surface area contributed by atoms with Crippen molar-refractivity contribution in [2.24, 2.45) is 5.92 Å². The Kier molecular flexibility index (Phi) is 4.34. The Labute approximate surface area is 143 Å². The third-order valence-electron chi connectivity index (χ3n) is 4.77. The van der Waals surface area contributed by atoms with E-state index in [1.807, 2.05) is 0 Å². The lowest BCUT2D eigenvalue weighted by Gasteiger charge is -2.13. The van der Waals surface area contributed by atoms with Crippen molar-refractivity contribution in [1.29, 1.82) is 0 Å². The van der Waals surface area contributed by atoms with E-state index < -0.39 is 0 Å². The van der Waals surface area contributed by atoms with Crippen LogP contribution >= 0.6 is 0 Å². The topological polar surface area (TPSA) is 17.8 Å². The minimum Gasteiger partial charge on any atom is -0.263 e. The van der Waals surface area contributed by atoms with Crippen molar-refractivity contribution >= 4 is 10.9 Å². The average Bonchev–Trinajstić information content (AvgIpc) is 3.00. The highest BCUT2D eigenvalue weighted by atomic mass is 15.3. The molecular formula is C22H22N2. The van der Waals surface area contributed by atoms with Crippen molar-refractivity contribution in [3.05, 3.63) is 65.9 Å². The molecule has 1 aromatic carbocycles. The second kappa shape index (κ2) is 6.93. The molecule has 24 heavy (non-hydrogen) atoms. The van der Waals surface area contributed by atoms with E-state index in [4.69, 9.17) is 5.10 Å². The van der Waals surface area contributed by atoms with Crippen molar-refractivity contribution in [1.82, 2.24) is 9.78 Å². The first kappa shape index (κ1) is 15.0. The standard InChI is InChI=1S/C22H22N2/c1-3-9-18(10-4-1)15-16-21-20-13-7-8-14-22(20)24(23-21)17-19-11-5-2-6-12-19/h2,5-9,11,13-14,19H,1,3-4,10,12,17H2. The molecule has 1 aromatic heterocycles. The van der Waals surface area contributed by atoms with Gasteiger partial charge in [-0.2, -0.15) is 5.10 Å². The van der Waals surface area contributed by atoms with E-state index in [1.54, 1.807) is 0 Å². The number of nitrogens with zero attached hydrogens (tertiary/aromatic N) is 2. The van der Waals surface area contributed by atoms with Crippen LogP contribution in [0.25, 0.3) is 10.9 Å². The van der Waals surface area contributed by atoms with Gasteiger partial charge in [-0.15, -0.1) is 0 Å². The van der Waals surface area contributed by atoms with Crippen molar-refractivity contribution in [3.63, 3.8) is 0 Å². The van der Waals surface area contributed by atoms with Gasteiger partial charge in [-0.1, -0.05) is 48.4 Å². The summed E-state index contributed by atoms with van der Waals surface area (Å²) in [6.07, 6.45) is 17.0. The SMILES string of the molecule is C(#Cc1nn(CC2C=CC=CC2)c2ccccc12)C1=CCCCC1. The Morgan fingerprint density at radius 1 is 1.12 bits per heavy atom. The molecule has 0 amide bonds. The molecule has 0 aliphatic heterocycles. The highest BCUT2D eigenvalue weighted by Gasteiger charge is 2.12. The molecule has 1 atom stereocenters. The molecular weight excluding hydrogens is 292 g/mol. The zero-order valence-corrected chi connectivity index (χ0v) is 13.9. The van der Waals surface area contributed by atoms with E-state index >= 15 is 0 Å². The summed E-state index contributed by atoms with van der Waals surface area (Å²) in [4.78, 5) is 0. The summed E-state index contributed by atoms with van der Waals surface area (Å²) in [7, 11) is 0. The molecule has 2 aliphatic rings. The smallest absolute Gasteiger partial charge is 0.143 e. The van der Waals surface area contributed by atoms with Crippen LogP contribution in [0.2, 0.25) is 0 Å². The molecule has 0 saturated heterocycles. The van der Waals surface area contributed by atoms with Crippen LogP contribution in [0.5, 0.6) is 0 Å². The molecule has 120 valence electrons. The van der Waals surface area contributed by atoms with Gasteiger partial charge in [0.15, 0.2) is 0 Å². The third kappa shape index (κ3) is 3.21. The fourth-order valence-electron chi connectivity index (χ4n) is 3.44. The fourth-order valence-corrected chi connectivity index (χ4v) is 3.44. The molecule has 2 aromatic rings. The summed E-state index contributed by atoms with van der Waals surface area (Å²) < 4.78 is 2.13. The van der Waals surface area contributed by atoms with Crippen LogP contribution in [0.15, 0.2) is 60.2 Å². The van der Waals surface area contributed by atoms with E-state index in [0.29, 0.717) is 5.92 Å². The number of benzene rings is 1. The molecule has 0 bridgehead atoms. The number of hydrogen-bond donors (Lipinski definition) is 0. The number of rotatable bonds is 2. The summed E-state index contributed by atoms with van der Waals surface area (Å²) in [5.74, 6) is 7.20. The van der Waals surface area contributed by atoms with Gasteiger partial charge in [-0.05, 0) is 55.7 Å². The van der Waals surface area contributed by atoms with Crippen molar-refractivity contribution in [2.75, 3.05) is 0 Å². The van der Waals surface area contributed by atoms with Gasteiger partial charge in [0.05, 0.1) is 5.52 Å². The zero-order valence-electron chi connectivity index (χ0n) is 13.9. The maximum Gasteiger partial charge on any atom is 0.143 e. The van der Waals surface area contributed by atoms with Crippen LogP contribution in [0.4, 0.5) is 0 Å². The lowest BCUT2D eigenvalue weighted by Crippen LogP contribution is -2.10. The van der Waals surface area contributed by atoms with E-state index in [2.05, 4.69) is 71.2 Å². The van der Waals surface area contributed by atoms with E-state index in [1.165, 1.54) is 30.4 Å². The molecule has 2 aliphatic carbocycles. The largest absolute Gasteiger partial charge is 0.263 e. The Balaban J connectivity index is 1.66. The molecule has 1 heterocycles. The third-order valence-corrected chi connectivity index (χ3v) is 4.77. The number of fused-ring (bicyclic) bond motifs is 1. The van der Waals surface area contributed by atoms with Crippen molar-refractivity contribution in [3.8, 4) is 11.8 Å². The fraction of sp³-hybridized carbons (Fsp3) is 0.318. The van der Waals surface area contributed by atoms with Crippen LogP contribution in [-0.4, -0.2) is 9.78 Å². The van der Waals surface area contributed by atoms with Gasteiger partial charge in [-0.25, -0.2) is 0 Å². The molecule has 2 nitrogen and oxygen atoms in total. The van der Waals surface area contributed by atoms with Gasteiger partial charge < -0.3 is 0 Å². The molecule has 0 spiro atoms. The maximum atomic E-state index is 4.83. The first-order valence-electron chi connectivity index (χ1n) is 8.90. The Morgan fingerprint density at radius 3 is 2.92 bits per heavy atom. The Morgan fingerprint density at radius 2 is 2.08 bits per heavy atom. The van der Waals surface area contributed by atoms with E-state index in [-0.39, 0.29) is 0 Å². The van der Waals surface area contributed by atoms with Crippen LogP contribution in [0.3, 0.4) is 0 Å². The number of allylic oxidation sites excluding steroid dienone is 6. The Hall–Kier alpha value is -2.53. The maximum absolute atomic E-state index is 4.83. The first-order chi connectivity index (χ1) is 11.9. The first-order valence-corrected chi connectivity index (χ1v) is 8.90. The van der Waals surface area contributed by atoms with Crippen molar-refractivity contribution < 1.29 is 0 Å². The normalized spacial score (nSPS) is 19.8. The lowest BCUT2D eigenvalue weighted by atomic mass is 10.00. The summed E-state index contributed by atoms with van der Waals surface area (Å²) in [6.45, 7) is 0.908. The molecule has 2 heteroatoms. The summed E-state index contributed by atoms with van der Waals surface area (Å²) in [5.41, 5.74) is 3.37. The van der Waals surface area contributed by atoms with Gasteiger partial charge in [0, 0.05) is 17.8 Å². The predicted molar refractivity (Wildman–Crippen MR) is 99.5 cm³/mol. The minimum atomic E-state index is 0.514. The van der Waals surface area contributed by atoms with Crippen LogP contribution < -0.4 is 0 Å². The second-order valence-corrected chi connectivity index (χ2v) is 6.58. The highest BCUT2D eigenvalue weighted by molar-refractivity contribution is 5.84. The monoisotopic (exact) mass is 314 g/mol. The lowest BCUT2D eigenvalue weighted by molar-refractivity contribution is 0.502. The summed E-state index contributed by atoms with van der Waals surface area (Å²) >= 11 is 0. The molecule has 1 unspecified atom stereocenters.